The van der Waals surface area contributed by atoms with Gasteiger partial charge in [-0.05, 0) is 29.0 Å². The molecule has 0 saturated carbocycles. The zero-order chi connectivity index (χ0) is 12.0. The molecule has 0 spiro atoms. The van der Waals surface area contributed by atoms with Gasteiger partial charge in [0, 0.05) is 12.1 Å². The van der Waals surface area contributed by atoms with E-state index in [0.717, 1.165) is 21.3 Å². The Balaban J connectivity index is 2.20. The van der Waals surface area contributed by atoms with E-state index in [9.17, 15) is 0 Å². The second kappa shape index (κ2) is 4.24. The molecule has 17 heavy (non-hydrogen) atoms. The van der Waals surface area contributed by atoms with Crippen molar-refractivity contribution in [2.45, 2.75) is 19.4 Å². The summed E-state index contributed by atoms with van der Waals surface area (Å²) in [7, 11) is 0. The molecule has 2 aromatic rings. The normalized spacial score (nSPS) is 18.6. The van der Waals surface area contributed by atoms with Crippen molar-refractivity contribution in [1.29, 1.82) is 0 Å². The van der Waals surface area contributed by atoms with Crippen molar-refractivity contribution in [2.24, 2.45) is 0 Å². The Kier molecular flexibility index (Phi) is 2.86. The van der Waals surface area contributed by atoms with Gasteiger partial charge in [-0.2, -0.15) is 0 Å². The lowest BCUT2D eigenvalue weighted by atomic mass is 10.2. The number of fused-ring (bicyclic) bond motifs is 3. The number of hydrogen-bond acceptors (Lipinski definition) is 3. The third-order valence-electron chi connectivity index (χ3n) is 2.81. The Hall–Kier alpha value is -0.620. The minimum Gasteiger partial charge on any atom is -0.485 e. The van der Waals surface area contributed by atoms with Gasteiger partial charge in [-0.25, -0.2) is 0 Å². The van der Waals surface area contributed by atoms with E-state index in [1.165, 1.54) is 0 Å². The number of halogens is 2. The Bertz CT molecular complexity index is 579. The Labute approximate surface area is 117 Å². The third-order valence-corrected chi connectivity index (χ3v) is 3.62. The molecule has 1 aliphatic rings. The monoisotopic (exact) mass is 364 g/mol. The van der Waals surface area contributed by atoms with Gasteiger partial charge in [0.15, 0.2) is 20.8 Å². The van der Waals surface area contributed by atoms with Gasteiger partial charge in [0.05, 0.1) is 10.4 Å². The van der Waals surface area contributed by atoms with Gasteiger partial charge in [-0.1, -0.05) is 18.5 Å². The Morgan fingerprint density at radius 3 is 3.06 bits per heavy atom. The molecular formula is C12H10ClIO3. The van der Waals surface area contributed by atoms with Crippen LogP contribution in [0.2, 0.25) is 5.02 Å². The van der Waals surface area contributed by atoms with Crippen molar-refractivity contribution in [3.63, 3.8) is 0 Å². The van der Waals surface area contributed by atoms with E-state index in [0.29, 0.717) is 23.0 Å². The minimum atomic E-state index is 0.0991. The van der Waals surface area contributed by atoms with Crippen LogP contribution in [0.3, 0.4) is 0 Å². The standard InChI is InChI=1S/C12H10ClIO3/c1-2-6-5-15-12-7-3-10(14)17-11(7)8(13)4-9(12)16-6/h3-4,6H,2,5H2,1H3/t6-/m0/s1. The summed E-state index contributed by atoms with van der Waals surface area (Å²) < 4.78 is 17.9. The summed E-state index contributed by atoms with van der Waals surface area (Å²) in [4.78, 5) is 0. The average molecular weight is 365 g/mol. The topological polar surface area (TPSA) is 31.6 Å². The van der Waals surface area contributed by atoms with Crippen LogP contribution in [-0.4, -0.2) is 12.7 Å². The average Bonchev–Trinajstić information content (AvgIpc) is 2.71. The van der Waals surface area contributed by atoms with E-state index in [1.807, 2.05) is 6.07 Å². The zero-order valence-electron chi connectivity index (χ0n) is 9.13. The van der Waals surface area contributed by atoms with E-state index in [2.05, 4.69) is 29.5 Å². The highest BCUT2D eigenvalue weighted by Crippen LogP contribution is 2.44. The fourth-order valence-electron chi connectivity index (χ4n) is 1.91. The first-order valence-corrected chi connectivity index (χ1v) is 6.85. The second-order valence-corrected chi connectivity index (χ2v) is 5.41. The van der Waals surface area contributed by atoms with Crippen LogP contribution in [-0.2, 0) is 0 Å². The van der Waals surface area contributed by atoms with E-state index in [1.54, 1.807) is 6.07 Å². The van der Waals surface area contributed by atoms with E-state index in [4.69, 9.17) is 25.5 Å². The van der Waals surface area contributed by atoms with Crippen LogP contribution >= 0.6 is 34.2 Å². The number of furan rings is 1. The Morgan fingerprint density at radius 1 is 1.47 bits per heavy atom. The fourth-order valence-corrected chi connectivity index (χ4v) is 2.68. The molecule has 1 atom stereocenters. The summed E-state index contributed by atoms with van der Waals surface area (Å²) in [5.74, 6) is 1.44. The molecule has 3 rings (SSSR count). The van der Waals surface area contributed by atoms with E-state index < -0.39 is 0 Å². The van der Waals surface area contributed by atoms with Gasteiger partial charge in [-0.15, -0.1) is 0 Å². The molecule has 2 heterocycles. The van der Waals surface area contributed by atoms with Crippen molar-refractivity contribution >= 4 is 45.2 Å². The largest absolute Gasteiger partial charge is 0.485 e. The van der Waals surface area contributed by atoms with E-state index >= 15 is 0 Å². The number of ether oxygens (including phenoxy) is 2. The van der Waals surface area contributed by atoms with Crippen LogP contribution in [0.1, 0.15) is 13.3 Å². The van der Waals surface area contributed by atoms with Crippen LogP contribution in [0.25, 0.3) is 11.0 Å². The maximum absolute atomic E-state index is 6.17. The molecule has 5 heteroatoms. The van der Waals surface area contributed by atoms with Gasteiger partial charge in [0.25, 0.3) is 0 Å². The molecule has 0 bridgehead atoms. The van der Waals surface area contributed by atoms with Crippen LogP contribution < -0.4 is 9.47 Å². The minimum absolute atomic E-state index is 0.0991. The van der Waals surface area contributed by atoms with Gasteiger partial charge in [0.2, 0.25) is 0 Å². The highest BCUT2D eigenvalue weighted by Gasteiger charge is 2.24. The predicted molar refractivity (Wildman–Crippen MR) is 74.1 cm³/mol. The van der Waals surface area contributed by atoms with E-state index in [-0.39, 0.29) is 6.10 Å². The summed E-state index contributed by atoms with van der Waals surface area (Å²) in [6, 6.07) is 3.68. The molecule has 90 valence electrons. The van der Waals surface area contributed by atoms with Gasteiger partial charge in [-0.3, -0.25) is 0 Å². The molecule has 0 saturated heterocycles. The number of hydrogen-bond donors (Lipinski definition) is 0. The highest BCUT2D eigenvalue weighted by molar-refractivity contribution is 14.1. The van der Waals surface area contributed by atoms with Crippen molar-refractivity contribution in [3.8, 4) is 11.5 Å². The maximum Gasteiger partial charge on any atom is 0.172 e. The fraction of sp³-hybridized carbons (Fsp3) is 0.333. The number of benzene rings is 1. The molecule has 1 aromatic carbocycles. The summed E-state index contributed by atoms with van der Waals surface area (Å²) in [6.07, 6.45) is 1.01. The van der Waals surface area contributed by atoms with Crippen molar-refractivity contribution in [1.82, 2.24) is 0 Å². The summed E-state index contributed by atoms with van der Waals surface area (Å²) in [5.41, 5.74) is 0.661. The smallest absolute Gasteiger partial charge is 0.172 e. The van der Waals surface area contributed by atoms with Crippen LogP contribution in [0.5, 0.6) is 11.5 Å². The van der Waals surface area contributed by atoms with Gasteiger partial charge in [0.1, 0.15) is 12.7 Å². The van der Waals surface area contributed by atoms with Crippen molar-refractivity contribution in [3.05, 3.63) is 20.9 Å². The predicted octanol–water partition coefficient (Wildman–Crippen LogP) is 4.24. The molecular weight excluding hydrogens is 354 g/mol. The SMILES string of the molecule is CC[C@H]1COc2c(cc(Cl)c3oc(I)cc23)O1. The highest BCUT2D eigenvalue weighted by atomic mass is 127. The second-order valence-electron chi connectivity index (χ2n) is 3.94. The zero-order valence-corrected chi connectivity index (χ0v) is 12.0. The summed E-state index contributed by atoms with van der Waals surface area (Å²) in [6.45, 7) is 2.64. The summed E-state index contributed by atoms with van der Waals surface area (Å²) >= 11 is 8.28. The Morgan fingerprint density at radius 2 is 2.29 bits per heavy atom. The van der Waals surface area contributed by atoms with Gasteiger partial charge >= 0.3 is 0 Å². The third kappa shape index (κ3) is 1.87. The van der Waals surface area contributed by atoms with Crippen LogP contribution in [0.15, 0.2) is 16.5 Å². The molecule has 1 aromatic heterocycles. The molecule has 0 amide bonds. The maximum atomic E-state index is 6.17. The lowest BCUT2D eigenvalue weighted by molar-refractivity contribution is 0.0900. The van der Waals surface area contributed by atoms with Crippen LogP contribution in [0.4, 0.5) is 0 Å². The molecule has 0 N–H and O–H groups in total. The molecule has 1 aliphatic heterocycles. The first kappa shape index (κ1) is 11.5. The van der Waals surface area contributed by atoms with Crippen LogP contribution in [0, 0.1) is 3.77 Å². The first-order chi connectivity index (χ1) is 8.19. The first-order valence-electron chi connectivity index (χ1n) is 5.40. The van der Waals surface area contributed by atoms with Gasteiger partial charge < -0.3 is 13.9 Å². The quantitative estimate of drug-likeness (QED) is 0.709. The lowest BCUT2D eigenvalue weighted by Crippen LogP contribution is -2.28. The van der Waals surface area contributed by atoms with Crippen molar-refractivity contribution < 1.29 is 13.9 Å². The molecule has 0 unspecified atom stereocenters. The van der Waals surface area contributed by atoms with Crippen molar-refractivity contribution in [2.75, 3.05) is 6.61 Å². The molecule has 0 fully saturated rings. The molecule has 0 aliphatic carbocycles. The molecule has 0 radical (unpaired) electrons. The number of rotatable bonds is 1. The lowest BCUT2D eigenvalue weighted by Gasteiger charge is -2.26. The summed E-state index contributed by atoms with van der Waals surface area (Å²) in [5, 5.41) is 1.44. The molecule has 3 nitrogen and oxygen atoms in total.